The summed E-state index contributed by atoms with van der Waals surface area (Å²) in [7, 11) is 0. The number of hydrogen-bond donors (Lipinski definition) is 1. The molecule has 0 fully saturated rings. The number of rotatable bonds is 2. The highest BCUT2D eigenvalue weighted by Gasteiger charge is 2.00. The molecule has 0 atom stereocenters. The van der Waals surface area contributed by atoms with Gasteiger partial charge in [-0.1, -0.05) is 22.0 Å². The number of halogens is 1. The van der Waals surface area contributed by atoms with Crippen LogP contribution >= 0.6 is 15.9 Å². The monoisotopic (exact) mass is 251 g/mol. The van der Waals surface area contributed by atoms with Crippen LogP contribution < -0.4 is 0 Å². The molecule has 0 radical (unpaired) electrons. The van der Waals surface area contributed by atoms with Gasteiger partial charge in [0.1, 0.15) is 0 Å². The Balaban J connectivity index is 2.43. The summed E-state index contributed by atoms with van der Waals surface area (Å²) in [6.07, 6.45) is 3.97. The lowest BCUT2D eigenvalue weighted by atomic mass is 10.2. The maximum atomic E-state index is 9.00. The molecule has 0 aliphatic carbocycles. The van der Waals surface area contributed by atoms with E-state index < -0.39 is 0 Å². The first-order chi connectivity index (χ1) is 6.81. The van der Waals surface area contributed by atoms with Crippen LogP contribution in [0.15, 0.2) is 47.2 Å². The van der Waals surface area contributed by atoms with Gasteiger partial charge in [0.05, 0.1) is 6.61 Å². The van der Waals surface area contributed by atoms with E-state index in [1.807, 2.05) is 47.3 Å². The first-order valence-electron chi connectivity index (χ1n) is 4.34. The van der Waals surface area contributed by atoms with E-state index in [9.17, 15) is 0 Å². The molecule has 0 saturated heterocycles. The van der Waals surface area contributed by atoms with Crippen molar-refractivity contribution in [2.24, 2.45) is 0 Å². The van der Waals surface area contributed by atoms with Gasteiger partial charge in [0.15, 0.2) is 0 Å². The highest BCUT2D eigenvalue weighted by atomic mass is 79.9. The number of aliphatic hydroxyl groups excluding tert-OH is 1. The standard InChI is InChI=1S/C11H10BrNO/c12-11-7-10(4-3-9(11)8-14)13-5-1-2-6-13/h1-7,14H,8H2. The lowest BCUT2D eigenvalue weighted by Gasteiger charge is -2.06. The van der Waals surface area contributed by atoms with Gasteiger partial charge in [0.25, 0.3) is 0 Å². The Hall–Kier alpha value is -1.06. The van der Waals surface area contributed by atoms with Gasteiger partial charge >= 0.3 is 0 Å². The Bertz CT molecular complexity index is 423. The van der Waals surface area contributed by atoms with Gasteiger partial charge in [-0.25, -0.2) is 0 Å². The molecule has 1 heterocycles. The van der Waals surface area contributed by atoms with Crippen LogP contribution in [0, 0.1) is 0 Å². The van der Waals surface area contributed by atoms with Gasteiger partial charge in [0.2, 0.25) is 0 Å². The molecule has 0 aliphatic rings. The normalized spacial score (nSPS) is 10.4. The van der Waals surface area contributed by atoms with Crippen LogP contribution in [0.4, 0.5) is 0 Å². The van der Waals surface area contributed by atoms with E-state index in [0.717, 1.165) is 15.7 Å². The average Bonchev–Trinajstić information content (AvgIpc) is 2.70. The molecule has 1 aromatic heterocycles. The Labute approximate surface area is 90.9 Å². The van der Waals surface area contributed by atoms with Crippen LogP contribution in [0.1, 0.15) is 5.56 Å². The zero-order valence-electron chi connectivity index (χ0n) is 7.52. The topological polar surface area (TPSA) is 25.2 Å². The maximum Gasteiger partial charge on any atom is 0.0692 e. The van der Waals surface area contributed by atoms with Gasteiger partial charge in [-0.15, -0.1) is 0 Å². The molecule has 3 heteroatoms. The number of hydrogen-bond acceptors (Lipinski definition) is 1. The van der Waals surface area contributed by atoms with Crippen molar-refractivity contribution in [1.82, 2.24) is 4.57 Å². The van der Waals surface area contributed by atoms with Gasteiger partial charge in [-0.05, 0) is 29.8 Å². The van der Waals surface area contributed by atoms with Gasteiger partial charge in [-0.2, -0.15) is 0 Å². The zero-order valence-corrected chi connectivity index (χ0v) is 9.11. The van der Waals surface area contributed by atoms with Gasteiger partial charge < -0.3 is 9.67 Å². The molecule has 2 nitrogen and oxygen atoms in total. The molecule has 0 unspecified atom stereocenters. The predicted molar refractivity (Wildman–Crippen MR) is 59.4 cm³/mol. The quantitative estimate of drug-likeness (QED) is 0.873. The van der Waals surface area contributed by atoms with E-state index in [2.05, 4.69) is 15.9 Å². The second kappa shape index (κ2) is 3.98. The van der Waals surface area contributed by atoms with E-state index in [1.54, 1.807) is 0 Å². The second-order valence-corrected chi connectivity index (χ2v) is 3.88. The van der Waals surface area contributed by atoms with E-state index in [0.29, 0.717) is 0 Å². The van der Waals surface area contributed by atoms with Crippen LogP contribution in [0.25, 0.3) is 5.69 Å². The van der Waals surface area contributed by atoms with Crippen molar-refractivity contribution in [3.05, 3.63) is 52.8 Å². The first kappa shape index (κ1) is 9.49. The van der Waals surface area contributed by atoms with Crippen molar-refractivity contribution in [2.75, 3.05) is 0 Å². The van der Waals surface area contributed by atoms with E-state index in [1.165, 1.54) is 0 Å². The highest BCUT2D eigenvalue weighted by Crippen LogP contribution is 2.20. The number of aromatic nitrogens is 1. The molecule has 2 aromatic rings. The van der Waals surface area contributed by atoms with Crippen molar-refractivity contribution in [1.29, 1.82) is 0 Å². The molecule has 72 valence electrons. The fourth-order valence-corrected chi connectivity index (χ4v) is 1.82. The summed E-state index contributed by atoms with van der Waals surface area (Å²) in [5, 5.41) is 9.00. The zero-order chi connectivity index (χ0) is 9.97. The maximum absolute atomic E-state index is 9.00. The minimum atomic E-state index is 0.0620. The number of nitrogens with zero attached hydrogens (tertiary/aromatic N) is 1. The van der Waals surface area contributed by atoms with E-state index in [-0.39, 0.29) is 6.61 Å². The van der Waals surface area contributed by atoms with Gasteiger partial charge in [0, 0.05) is 22.6 Å². The average molecular weight is 252 g/mol. The summed E-state index contributed by atoms with van der Waals surface area (Å²) >= 11 is 3.42. The minimum Gasteiger partial charge on any atom is -0.392 e. The Morgan fingerprint density at radius 3 is 2.50 bits per heavy atom. The Kier molecular flexibility index (Phi) is 2.70. The van der Waals surface area contributed by atoms with Crippen molar-refractivity contribution in [2.45, 2.75) is 6.61 Å². The van der Waals surface area contributed by atoms with Crippen LogP contribution in [0.5, 0.6) is 0 Å². The first-order valence-corrected chi connectivity index (χ1v) is 5.13. The Morgan fingerprint density at radius 2 is 1.93 bits per heavy atom. The number of aliphatic hydroxyl groups is 1. The molecule has 0 bridgehead atoms. The molecule has 0 spiro atoms. The smallest absolute Gasteiger partial charge is 0.0692 e. The fraction of sp³-hybridized carbons (Fsp3) is 0.0909. The largest absolute Gasteiger partial charge is 0.392 e. The summed E-state index contributed by atoms with van der Waals surface area (Å²) < 4.78 is 2.96. The molecule has 1 N–H and O–H groups in total. The minimum absolute atomic E-state index is 0.0620. The molecule has 0 amide bonds. The van der Waals surface area contributed by atoms with Crippen LogP contribution in [0.2, 0.25) is 0 Å². The lowest BCUT2D eigenvalue weighted by molar-refractivity contribution is 0.281. The van der Waals surface area contributed by atoms with Crippen molar-refractivity contribution < 1.29 is 5.11 Å². The molecular formula is C11H10BrNO. The van der Waals surface area contributed by atoms with Crippen molar-refractivity contribution >= 4 is 15.9 Å². The molecule has 0 saturated carbocycles. The third-order valence-electron chi connectivity index (χ3n) is 2.11. The van der Waals surface area contributed by atoms with E-state index >= 15 is 0 Å². The van der Waals surface area contributed by atoms with Crippen LogP contribution in [-0.2, 0) is 6.61 Å². The highest BCUT2D eigenvalue weighted by molar-refractivity contribution is 9.10. The number of benzene rings is 1. The molecular weight excluding hydrogens is 242 g/mol. The second-order valence-electron chi connectivity index (χ2n) is 3.02. The van der Waals surface area contributed by atoms with Gasteiger partial charge in [-0.3, -0.25) is 0 Å². The summed E-state index contributed by atoms with van der Waals surface area (Å²) in [6.45, 7) is 0.0620. The van der Waals surface area contributed by atoms with E-state index in [4.69, 9.17) is 5.11 Å². The third kappa shape index (κ3) is 1.74. The predicted octanol–water partition coefficient (Wildman–Crippen LogP) is 2.73. The van der Waals surface area contributed by atoms with Crippen molar-refractivity contribution in [3.63, 3.8) is 0 Å². The Morgan fingerprint density at radius 1 is 1.21 bits per heavy atom. The molecule has 1 aromatic carbocycles. The summed E-state index contributed by atoms with van der Waals surface area (Å²) in [5.41, 5.74) is 1.99. The third-order valence-corrected chi connectivity index (χ3v) is 2.85. The van der Waals surface area contributed by atoms with Crippen LogP contribution in [-0.4, -0.2) is 9.67 Å². The lowest BCUT2D eigenvalue weighted by Crippen LogP contribution is -1.92. The summed E-state index contributed by atoms with van der Waals surface area (Å²) in [4.78, 5) is 0. The van der Waals surface area contributed by atoms with Crippen molar-refractivity contribution in [3.8, 4) is 5.69 Å². The summed E-state index contributed by atoms with van der Waals surface area (Å²) in [5.74, 6) is 0. The molecule has 2 rings (SSSR count). The molecule has 0 aliphatic heterocycles. The molecule has 14 heavy (non-hydrogen) atoms. The van der Waals surface area contributed by atoms with Crippen LogP contribution in [0.3, 0.4) is 0 Å². The fourth-order valence-electron chi connectivity index (χ4n) is 1.33. The summed E-state index contributed by atoms with van der Waals surface area (Å²) in [6, 6.07) is 9.85. The SMILES string of the molecule is OCc1ccc(-n2cccc2)cc1Br.